The molecule has 4 nitrogen and oxygen atoms in total. The third-order valence-electron chi connectivity index (χ3n) is 2.98. The molecule has 0 bridgehead atoms. The molecule has 20 heavy (non-hydrogen) atoms. The molecule has 1 heterocycles. The van der Waals surface area contributed by atoms with Gasteiger partial charge in [-0.2, -0.15) is 0 Å². The third-order valence-corrected chi connectivity index (χ3v) is 3.31. The van der Waals surface area contributed by atoms with Crippen LogP contribution in [0, 0.1) is 6.92 Å². The number of anilines is 1. The minimum atomic E-state index is -0.313. The molecule has 0 aliphatic rings. The van der Waals surface area contributed by atoms with Crippen molar-refractivity contribution in [2.45, 2.75) is 6.92 Å². The molecule has 2 aromatic carbocycles. The van der Waals surface area contributed by atoms with Gasteiger partial charge in [-0.15, -0.1) is 0 Å². The van der Waals surface area contributed by atoms with E-state index < -0.39 is 0 Å². The third kappa shape index (κ3) is 2.26. The van der Waals surface area contributed by atoms with E-state index in [4.69, 9.17) is 16.1 Å². The molecule has 100 valence electrons. The zero-order valence-corrected chi connectivity index (χ0v) is 11.4. The van der Waals surface area contributed by atoms with E-state index in [2.05, 4.69) is 10.5 Å². The molecule has 0 saturated carbocycles. The van der Waals surface area contributed by atoms with Gasteiger partial charge in [-0.25, -0.2) is 0 Å². The lowest BCUT2D eigenvalue weighted by Gasteiger charge is -2.03. The molecular formula is C15H11ClN2O2. The van der Waals surface area contributed by atoms with E-state index >= 15 is 0 Å². The molecule has 3 rings (SSSR count). The fourth-order valence-corrected chi connectivity index (χ4v) is 2.18. The van der Waals surface area contributed by atoms with Gasteiger partial charge in [0.2, 0.25) is 0 Å². The van der Waals surface area contributed by atoms with Gasteiger partial charge in [0.25, 0.3) is 5.91 Å². The Morgan fingerprint density at radius 1 is 1.25 bits per heavy atom. The summed E-state index contributed by atoms with van der Waals surface area (Å²) in [7, 11) is 0. The number of benzene rings is 2. The highest BCUT2D eigenvalue weighted by Gasteiger charge is 2.14. The maximum atomic E-state index is 12.2. The van der Waals surface area contributed by atoms with Crippen LogP contribution in [-0.2, 0) is 0 Å². The number of fused-ring (bicyclic) bond motifs is 1. The number of carbonyl (C=O) groups excluding carboxylic acids is 1. The van der Waals surface area contributed by atoms with Crippen LogP contribution < -0.4 is 5.32 Å². The fraction of sp³-hybridized carbons (Fsp3) is 0.0667. The predicted octanol–water partition coefficient (Wildman–Crippen LogP) is 4.04. The van der Waals surface area contributed by atoms with Crippen molar-refractivity contribution in [3.05, 3.63) is 58.6 Å². The smallest absolute Gasteiger partial charge is 0.258 e. The lowest BCUT2D eigenvalue weighted by molar-refractivity contribution is 0.102. The number of rotatable bonds is 2. The van der Waals surface area contributed by atoms with E-state index in [1.165, 1.54) is 0 Å². The van der Waals surface area contributed by atoms with E-state index in [1.54, 1.807) is 24.3 Å². The Bertz CT molecular complexity index is 795. The lowest BCUT2D eigenvalue weighted by Crippen LogP contribution is -2.12. The molecule has 0 fully saturated rings. The molecule has 0 aliphatic heterocycles. The van der Waals surface area contributed by atoms with Crippen molar-refractivity contribution in [3.8, 4) is 0 Å². The van der Waals surface area contributed by atoms with Gasteiger partial charge in [-0.3, -0.25) is 4.79 Å². The van der Waals surface area contributed by atoms with Gasteiger partial charge in [-0.1, -0.05) is 40.5 Å². The Hall–Kier alpha value is -2.33. The first-order valence-electron chi connectivity index (χ1n) is 6.07. The molecule has 0 unspecified atom stereocenters. The van der Waals surface area contributed by atoms with Gasteiger partial charge in [-0.05, 0) is 31.2 Å². The van der Waals surface area contributed by atoms with Crippen LogP contribution in [-0.4, -0.2) is 11.1 Å². The number of hydrogen-bond donors (Lipinski definition) is 1. The Balaban J connectivity index is 1.96. The van der Waals surface area contributed by atoms with Gasteiger partial charge >= 0.3 is 0 Å². The number of amides is 1. The monoisotopic (exact) mass is 286 g/mol. The van der Waals surface area contributed by atoms with E-state index in [0.717, 1.165) is 10.9 Å². The average Bonchev–Trinajstić information content (AvgIpc) is 2.82. The first kappa shape index (κ1) is 12.7. The maximum Gasteiger partial charge on any atom is 0.258 e. The SMILES string of the molecule is Cc1ccc2onc(NC(=O)c3ccccc3Cl)c2c1. The molecule has 1 amide bonds. The summed E-state index contributed by atoms with van der Waals surface area (Å²) in [5.74, 6) is 0.0842. The minimum Gasteiger partial charge on any atom is -0.354 e. The number of hydrogen-bond acceptors (Lipinski definition) is 3. The zero-order chi connectivity index (χ0) is 14.1. The second-order valence-corrected chi connectivity index (χ2v) is 4.87. The van der Waals surface area contributed by atoms with Gasteiger partial charge in [0.1, 0.15) is 0 Å². The van der Waals surface area contributed by atoms with Crippen molar-refractivity contribution in [1.82, 2.24) is 5.16 Å². The molecular weight excluding hydrogens is 276 g/mol. The molecule has 0 atom stereocenters. The van der Waals surface area contributed by atoms with Crippen LogP contribution in [0.5, 0.6) is 0 Å². The highest BCUT2D eigenvalue weighted by molar-refractivity contribution is 6.34. The van der Waals surface area contributed by atoms with Gasteiger partial charge in [0, 0.05) is 0 Å². The molecule has 0 radical (unpaired) electrons. The molecule has 5 heteroatoms. The summed E-state index contributed by atoms with van der Waals surface area (Å²) in [5, 5.41) is 7.77. The summed E-state index contributed by atoms with van der Waals surface area (Å²) in [6, 6.07) is 12.5. The van der Waals surface area contributed by atoms with E-state index in [0.29, 0.717) is 22.0 Å². The average molecular weight is 287 g/mol. The lowest BCUT2D eigenvalue weighted by atomic mass is 10.1. The number of aromatic nitrogens is 1. The number of aryl methyl sites for hydroxylation is 1. The van der Waals surface area contributed by atoms with E-state index in [1.807, 2.05) is 25.1 Å². The molecule has 0 saturated heterocycles. The summed E-state index contributed by atoms with van der Waals surface area (Å²) in [6.07, 6.45) is 0. The summed E-state index contributed by atoms with van der Waals surface area (Å²) >= 11 is 6.00. The molecule has 1 aromatic heterocycles. The topological polar surface area (TPSA) is 55.1 Å². The number of halogens is 1. The van der Waals surface area contributed by atoms with Crippen LogP contribution in [0.3, 0.4) is 0 Å². The van der Waals surface area contributed by atoms with Crippen LogP contribution in [0.4, 0.5) is 5.82 Å². The molecule has 0 aliphatic carbocycles. The second-order valence-electron chi connectivity index (χ2n) is 4.46. The first-order chi connectivity index (χ1) is 9.65. The van der Waals surface area contributed by atoms with Crippen molar-refractivity contribution in [2.75, 3.05) is 5.32 Å². The van der Waals surface area contributed by atoms with Crippen molar-refractivity contribution in [2.24, 2.45) is 0 Å². The van der Waals surface area contributed by atoms with Crippen LogP contribution >= 0.6 is 11.6 Å². The molecule has 3 aromatic rings. The van der Waals surface area contributed by atoms with E-state index in [9.17, 15) is 4.79 Å². The minimum absolute atomic E-state index is 0.313. The summed E-state index contributed by atoms with van der Waals surface area (Å²) in [5.41, 5.74) is 2.09. The van der Waals surface area contributed by atoms with E-state index in [-0.39, 0.29) is 5.91 Å². The number of nitrogens with one attached hydrogen (secondary N) is 1. The summed E-state index contributed by atoms with van der Waals surface area (Å²) in [6.45, 7) is 1.96. The Labute approximate surface area is 120 Å². The van der Waals surface area contributed by atoms with Crippen LogP contribution in [0.1, 0.15) is 15.9 Å². The fourth-order valence-electron chi connectivity index (χ4n) is 1.96. The van der Waals surface area contributed by atoms with Crippen LogP contribution in [0.2, 0.25) is 5.02 Å². The molecule has 0 spiro atoms. The Morgan fingerprint density at radius 2 is 2.05 bits per heavy atom. The first-order valence-corrected chi connectivity index (χ1v) is 6.45. The van der Waals surface area contributed by atoms with Gasteiger partial charge in [0.05, 0.1) is 16.0 Å². The second kappa shape index (κ2) is 4.98. The van der Waals surface area contributed by atoms with Crippen molar-refractivity contribution in [3.63, 3.8) is 0 Å². The Kier molecular flexibility index (Phi) is 3.16. The quantitative estimate of drug-likeness (QED) is 0.773. The van der Waals surface area contributed by atoms with Gasteiger partial charge < -0.3 is 9.84 Å². The zero-order valence-electron chi connectivity index (χ0n) is 10.7. The van der Waals surface area contributed by atoms with Crippen LogP contribution in [0.25, 0.3) is 11.0 Å². The van der Waals surface area contributed by atoms with Crippen molar-refractivity contribution < 1.29 is 9.32 Å². The summed E-state index contributed by atoms with van der Waals surface area (Å²) < 4.78 is 5.17. The normalized spacial score (nSPS) is 10.7. The van der Waals surface area contributed by atoms with Crippen molar-refractivity contribution >= 4 is 34.3 Å². The largest absolute Gasteiger partial charge is 0.354 e. The highest BCUT2D eigenvalue weighted by Crippen LogP contribution is 2.25. The number of nitrogens with zero attached hydrogens (tertiary/aromatic N) is 1. The Morgan fingerprint density at radius 3 is 2.85 bits per heavy atom. The predicted molar refractivity (Wildman–Crippen MR) is 78.2 cm³/mol. The summed E-state index contributed by atoms with van der Waals surface area (Å²) in [4.78, 5) is 12.2. The van der Waals surface area contributed by atoms with Crippen LogP contribution in [0.15, 0.2) is 47.0 Å². The maximum absolute atomic E-state index is 12.2. The molecule has 1 N–H and O–H groups in total. The highest BCUT2D eigenvalue weighted by atomic mass is 35.5. The van der Waals surface area contributed by atoms with Gasteiger partial charge in [0.15, 0.2) is 11.4 Å². The number of carbonyl (C=O) groups is 1. The standard InChI is InChI=1S/C15H11ClN2O2/c1-9-6-7-13-11(8-9)14(18-20-13)17-15(19)10-4-2-3-5-12(10)16/h2-8H,1H3,(H,17,18,19). The van der Waals surface area contributed by atoms with Crippen molar-refractivity contribution in [1.29, 1.82) is 0 Å².